The van der Waals surface area contributed by atoms with E-state index in [4.69, 9.17) is 16.3 Å². The van der Waals surface area contributed by atoms with Crippen molar-refractivity contribution in [3.8, 4) is 0 Å². The van der Waals surface area contributed by atoms with Gasteiger partial charge in [0.15, 0.2) is 5.78 Å². The van der Waals surface area contributed by atoms with E-state index in [2.05, 4.69) is 0 Å². The van der Waals surface area contributed by atoms with Crippen LogP contribution in [0.2, 0.25) is 0 Å². The summed E-state index contributed by atoms with van der Waals surface area (Å²) < 4.78 is 6.92. The Hall–Kier alpha value is -3.90. The molecule has 0 N–H and O–H groups in total. The highest BCUT2D eigenvalue weighted by Crippen LogP contribution is 2.29. The van der Waals surface area contributed by atoms with Gasteiger partial charge in [0.25, 0.3) is 0 Å². The van der Waals surface area contributed by atoms with E-state index in [9.17, 15) is 14.4 Å². The van der Waals surface area contributed by atoms with Crippen molar-refractivity contribution < 1.29 is 19.1 Å². The summed E-state index contributed by atoms with van der Waals surface area (Å²) in [5.74, 6) is -0.543. The normalized spacial score (nSPS) is 10.8. The standard InChI is InChI=1S/C27H23ClN2O4/c1-29(2)27(33)30-16-22(25(31)20-13-11-18(15-28)12-14-20)24-21(9-6-10-23(24)30)26(32)34-17-19-7-4-3-5-8-19/h3-14,16H,15,17H2,1-2H3. The third-order valence-corrected chi connectivity index (χ3v) is 5.77. The van der Waals surface area contributed by atoms with Gasteiger partial charge in [0.1, 0.15) is 6.61 Å². The van der Waals surface area contributed by atoms with Crippen LogP contribution in [0.25, 0.3) is 10.9 Å². The van der Waals surface area contributed by atoms with E-state index in [1.165, 1.54) is 15.7 Å². The number of amides is 1. The first-order valence-corrected chi connectivity index (χ1v) is 11.2. The minimum absolute atomic E-state index is 0.0938. The first-order chi connectivity index (χ1) is 16.4. The molecule has 0 aliphatic heterocycles. The van der Waals surface area contributed by atoms with E-state index in [-0.39, 0.29) is 29.5 Å². The molecule has 1 aromatic heterocycles. The number of nitrogens with zero attached hydrogens (tertiary/aromatic N) is 2. The molecule has 4 rings (SSSR count). The fourth-order valence-corrected chi connectivity index (χ4v) is 3.88. The zero-order valence-corrected chi connectivity index (χ0v) is 19.6. The molecule has 0 radical (unpaired) electrons. The number of alkyl halides is 1. The van der Waals surface area contributed by atoms with Gasteiger partial charge in [0, 0.05) is 42.7 Å². The van der Waals surface area contributed by atoms with E-state index in [0.717, 1.165) is 11.1 Å². The van der Waals surface area contributed by atoms with Gasteiger partial charge in [-0.2, -0.15) is 0 Å². The summed E-state index contributed by atoms with van der Waals surface area (Å²) in [7, 11) is 3.25. The average molecular weight is 475 g/mol. The highest BCUT2D eigenvalue weighted by molar-refractivity contribution is 6.21. The molecule has 3 aromatic carbocycles. The number of carbonyl (C=O) groups excluding carboxylic acids is 3. The largest absolute Gasteiger partial charge is 0.457 e. The highest BCUT2D eigenvalue weighted by atomic mass is 35.5. The number of benzene rings is 3. The Morgan fingerprint density at radius 3 is 2.21 bits per heavy atom. The van der Waals surface area contributed by atoms with E-state index >= 15 is 0 Å². The van der Waals surface area contributed by atoms with Gasteiger partial charge < -0.3 is 9.64 Å². The van der Waals surface area contributed by atoms with Crippen LogP contribution in [0.1, 0.15) is 37.4 Å². The van der Waals surface area contributed by atoms with Gasteiger partial charge in [0.2, 0.25) is 0 Å². The molecule has 7 heteroatoms. The number of halogens is 1. The summed E-state index contributed by atoms with van der Waals surface area (Å²) in [4.78, 5) is 40.8. The molecule has 6 nitrogen and oxygen atoms in total. The van der Waals surface area contributed by atoms with Crippen LogP contribution in [0.15, 0.2) is 79.0 Å². The Bertz CT molecular complexity index is 1360. The van der Waals surface area contributed by atoms with Crippen LogP contribution >= 0.6 is 11.6 Å². The van der Waals surface area contributed by atoms with E-state index in [1.807, 2.05) is 30.3 Å². The van der Waals surface area contributed by atoms with Crippen molar-refractivity contribution in [1.29, 1.82) is 0 Å². The van der Waals surface area contributed by atoms with Crippen molar-refractivity contribution in [2.45, 2.75) is 12.5 Å². The second-order valence-electron chi connectivity index (χ2n) is 8.01. The molecule has 0 bridgehead atoms. The van der Waals surface area contributed by atoms with Crippen LogP contribution in [0.5, 0.6) is 0 Å². The fourth-order valence-electron chi connectivity index (χ4n) is 3.70. The zero-order chi connectivity index (χ0) is 24.2. The van der Waals surface area contributed by atoms with Crippen molar-refractivity contribution >= 4 is 40.3 Å². The Balaban J connectivity index is 1.80. The lowest BCUT2D eigenvalue weighted by Gasteiger charge is -2.12. The van der Waals surface area contributed by atoms with E-state index < -0.39 is 5.97 Å². The number of hydrogen-bond acceptors (Lipinski definition) is 4. The maximum atomic E-state index is 13.5. The molecule has 0 aliphatic rings. The van der Waals surface area contributed by atoms with Crippen LogP contribution in [-0.2, 0) is 17.2 Å². The molecule has 4 aromatic rings. The average Bonchev–Trinajstić information content (AvgIpc) is 3.26. The molecule has 0 fully saturated rings. The molecule has 1 amide bonds. The van der Waals surface area contributed by atoms with Crippen LogP contribution in [-0.4, -0.2) is 41.3 Å². The number of ether oxygens (including phenoxy) is 1. The molecule has 0 spiro atoms. The quantitative estimate of drug-likeness (QED) is 0.210. The monoisotopic (exact) mass is 474 g/mol. The molecule has 172 valence electrons. The van der Waals surface area contributed by atoms with E-state index in [1.54, 1.807) is 56.6 Å². The van der Waals surface area contributed by atoms with Crippen molar-refractivity contribution in [2.24, 2.45) is 0 Å². The number of rotatable bonds is 6. The Morgan fingerprint density at radius 1 is 0.853 bits per heavy atom. The predicted octanol–water partition coefficient (Wildman–Crippen LogP) is 5.50. The molecule has 34 heavy (non-hydrogen) atoms. The van der Waals surface area contributed by atoms with Crippen LogP contribution in [0, 0.1) is 0 Å². The number of carbonyl (C=O) groups is 3. The summed E-state index contributed by atoms with van der Waals surface area (Å²) in [5, 5.41) is 0.377. The van der Waals surface area contributed by atoms with Gasteiger partial charge in [-0.1, -0.05) is 60.7 Å². The fraction of sp³-hybridized carbons (Fsp3) is 0.148. The smallest absolute Gasteiger partial charge is 0.339 e. The Morgan fingerprint density at radius 2 is 1.56 bits per heavy atom. The van der Waals surface area contributed by atoms with Crippen molar-refractivity contribution in [3.63, 3.8) is 0 Å². The molecule has 0 saturated heterocycles. The Labute approximate surface area is 202 Å². The lowest BCUT2D eigenvalue weighted by Crippen LogP contribution is -2.26. The first kappa shape index (κ1) is 23.3. The molecule has 1 heterocycles. The van der Waals surface area contributed by atoms with Crippen LogP contribution in [0.3, 0.4) is 0 Å². The molecule has 0 atom stereocenters. The summed E-state index contributed by atoms with van der Waals surface area (Å²) in [6.07, 6.45) is 1.48. The maximum absolute atomic E-state index is 13.5. The Kier molecular flexibility index (Phi) is 6.80. The summed E-state index contributed by atoms with van der Waals surface area (Å²) in [6.45, 7) is 0.0938. The van der Waals surface area contributed by atoms with Gasteiger partial charge in [-0.25, -0.2) is 9.59 Å². The number of ketones is 1. The number of fused-ring (bicyclic) bond motifs is 1. The van der Waals surface area contributed by atoms with Crippen molar-refractivity contribution in [1.82, 2.24) is 9.47 Å². The second-order valence-corrected chi connectivity index (χ2v) is 8.28. The predicted molar refractivity (Wildman–Crippen MR) is 131 cm³/mol. The molecular formula is C27H23ClN2O4. The molecular weight excluding hydrogens is 452 g/mol. The minimum atomic E-state index is -0.573. The van der Waals surface area contributed by atoms with E-state index in [0.29, 0.717) is 22.3 Å². The van der Waals surface area contributed by atoms with Crippen LogP contribution in [0.4, 0.5) is 4.79 Å². The zero-order valence-electron chi connectivity index (χ0n) is 18.8. The third-order valence-electron chi connectivity index (χ3n) is 5.47. The summed E-state index contributed by atoms with van der Waals surface area (Å²) >= 11 is 5.87. The lowest BCUT2D eigenvalue weighted by molar-refractivity contribution is 0.0475. The summed E-state index contributed by atoms with van der Waals surface area (Å²) in [6, 6.07) is 20.9. The lowest BCUT2D eigenvalue weighted by atomic mass is 9.99. The molecule has 0 saturated carbocycles. The summed E-state index contributed by atoms with van der Waals surface area (Å²) in [5.41, 5.74) is 3.08. The number of esters is 1. The first-order valence-electron chi connectivity index (χ1n) is 10.7. The van der Waals surface area contributed by atoms with Gasteiger partial charge in [-0.15, -0.1) is 11.6 Å². The topological polar surface area (TPSA) is 68.6 Å². The van der Waals surface area contributed by atoms with Gasteiger partial charge in [-0.05, 0) is 23.3 Å². The second kappa shape index (κ2) is 9.93. The van der Waals surface area contributed by atoms with Gasteiger partial charge in [-0.3, -0.25) is 9.36 Å². The molecule has 0 aliphatic carbocycles. The van der Waals surface area contributed by atoms with Crippen molar-refractivity contribution in [2.75, 3.05) is 14.1 Å². The molecule has 0 unspecified atom stereocenters. The number of aromatic nitrogens is 1. The van der Waals surface area contributed by atoms with Crippen molar-refractivity contribution in [3.05, 3.63) is 107 Å². The van der Waals surface area contributed by atoms with Gasteiger partial charge in [0.05, 0.1) is 11.1 Å². The number of hydrogen-bond donors (Lipinski definition) is 0. The van der Waals surface area contributed by atoms with Crippen LogP contribution < -0.4 is 0 Å². The highest BCUT2D eigenvalue weighted by Gasteiger charge is 2.25. The third kappa shape index (κ3) is 4.58. The van der Waals surface area contributed by atoms with Gasteiger partial charge >= 0.3 is 12.0 Å². The minimum Gasteiger partial charge on any atom is -0.457 e. The maximum Gasteiger partial charge on any atom is 0.339 e. The SMILES string of the molecule is CN(C)C(=O)n1cc(C(=O)c2ccc(CCl)cc2)c2c(C(=O)OCc3ccccc3)cccc21.